The number of hydrogen-bond donors (Lipinski definition) is 2. The largest absolute Gasteiger partial charge is 0.497 e. The van der Waals surface area contributed by atoms with Gasteiger partial charge in [-0.05, 0) is 41.7 Å². The van der Waals surface area contributed by atoms with E-state index in [1.165, 1.54) is 4.90 Å². The molecule has 2 fully saturated rings. The quantitative estimate of drug-likeness (QED) is 0.795. The Bertz CT molecular complexity index is 931. The number of rotatable bonds is 5. The van der Waals surface area contributed by atoms with Crippen molar-refractivity contribution in [2.24, 2.45) is 0 Å². The van der Waals surface area contributed by atoms with Crippen molar-refractivity contribution in [2.45, 2.75) is 49.7 Å². The standard InChI is InChI=1S/C24H27N3O3/c1-30-18-12-10-16(11-13-18)19-8-4-5-9-20(19)23-21(14-25)27(22(23)15-28)24(29)26-17-6-2-3-7-17/h4-5,8-13,17,21-23,28H,2-3,6-7,15H2,1H3,(H,26,29)/t21-,22+,23-/m1/s1. The van der Waals surface area contributed by atoms with Gasteiger partial charge < -0.3 is 20.1 Å². The normalized spacial score (nSPS) is 23.5. The van der Waals surface area contributed by atoms with E-state index in [0.29, 0.717) is 0 Å². The molecule has 0 spiro atoms. The van der Waals surface area contributed by atoms with E-state index in [1.54, 1.807) is 7.11 Å². The Hall–Kier alpha value is -3.04. The van der Waals surface area contributed by atoms with E-state index in [-0.39, 0.29) is 24.6 Å². The first-order chi connectivity index (χ1) is 14.7. The number of ether oxygens (including phenoxy) is 1. The number of hydrogen-bond acceptors (Lipinski definition) is 4. The lowest BCUT2D eigenvalue weighted by atomic mass is 9.73. The van der Waals surface area contributed by atoms with Crippen molar-refractivity contribution < 1.29 is 14.6 Å². The first-order valence-corrected chi connectivity index (χ1v) is 10.5. The minimum atomic E-state index is -0.608. The van der Waals surface area contributed by atoms with Crippen LogP contribution in [0, 0.1) is 11.3 Å². The first kappa shape index (κ1) is 20.2. The molecule has 2 aromatic rings. The molecule has 2 aliphatic rings. The van der Waals surface area contributed by atoms with Gasteiger partial charge in [0.15, 0.2) is 0 Å². The number of nitrogens with zero attached hydrogens (tertiary/aromatic N) is 2. The van der Waals surface area contributed by atoms with Gasteiger partial charge in [0.05, 0.1) is 25.8 Å². The number of carbonyl (C=O) groups is 1. The second-order valence-electron chi connectivity index (χ2n) is 8.00. The van der Waals surface area contributed by atoms with Crippen LogP contribution in [0.15, 0.2) is 48.5 Å². The van der Waals surface area contributed by atoms with Gasteiger partial charge in [0.1, 0.15) is 11.8 Å². The third-order valence-electron chi connectivity index (χ3n) is 6.37. The summed E-state index contributed by atoms with van der Waals surface area (Å²) in [4.78, 5) is 14.4. The van der Waals surface area contributed by atoms with Crippen LogP contribution in [0.3, 0.4) is 0 Å². The van der Waals surface area contributed by atoms with Crippen LogP contribution in [0.1, 0.15) is 37.2 Å². The first-order valence-electron chi connectivity index (χ1n) is 10.5. The summed E-state index contributed by atoms with van der Waals surface area (Å²) in [6.07, 6.45) is 4.19. The van der Waals surface area contributed by atoms with Gasteiger partial charge in [-0.2, -0.15) is 5.26 Å². The summed E-state index contributed by atoms with van der Waals surface area (Å²) in [5, 5.41) is 23.0. The summed E-state index contributed by atoms with van der Waals surface area (Å²) in [7, 11) is 1.63. The zero-order valence-electron chi connectivity index (χ0n) is 17.1. The summed E-state index contributed by atoms with van der Waals surface area (Å²) in [6, 6.07) is 16.9. The van der Waals surface area contributed by atoms with Gasteiger partial charge in [-0.15, -0.1) is 0 Å². The average molecular weight is 405 g/mol. The molecule has 0 unspecified atom stereocenters. The molecule has 0 aromatic heterocycles. The summed E-state index contributed by atoms with van der Waals surface area (Å²) < 4.78 is 5.25. The molecule has 1 aliphatic carbocycles. The van der Waals surface area contributed by atoms with Crippen LogP contribution in [0.25, 0.3) is 11.1 Å². The highest BCUT2D eigenvalue weighted by Gasteiger charge is 2.52. The third kappa shape index (κ3) is 3.61. The number of aliphatic hydroxyl groups is 1. The summed E-state index contributed by atoms with van der Waals surface area (Å²) in [5.41, 5.74) is 2.98. The van der Waals surface area contributed by atoms with Crippen molar-refractivity contribution in [1.82, 2.24) is 10.2 Å². The van der Waals surface area contributed by atoms with Gasteiger partial charge in [-0.25, -0.2) is 4.79 Å². The van der Waals surface area contributed by atoms with E-state index >= 15 is 0 Å². The molecule has 1 saturated carbocycles. The lowest BCUT2D eigenvalue weighted by Gasteiger charge is -2.52. The predicted molar refractivity (Wildman–Crippen MR) is 114 cm³/mol. The van der Waals surface area contributed by atoms with E-state index in [4.69, 9.17) is 4.74 Å². The van der Waals surface area contributed by atoms with Crippen LogP contribution in [-0.2, 0) is 0 Å². The zero-order valence-corrected chi connectivity index (χ0v) is 17.1. The van der Waals surface area contributed by atoms with Gasteiger partial charge in [0.2, 0.25) is 0 Å². The van der Waals surface area contributed by atoms with E-state index < -0.39 is 12.1 Å². The molecule has 1 aliphatic heterocycles. The van der Waals surface area contributed by atoms with Gasteiger partial charge in [0.25, 0.3) is 0 Å². The van der Waals surface area contributed by atoms with Gasteiger partial charge in [-0.3, -0.25) is 0 Å². The van der Waals surface area contributed by atoms with Crippen LogP contribution in [0.2, 0.25) is 0 Å². The molecular weight excluding hydrogens is 378 g/mol. The molecule has 6 nitrogen and oxygen atoms in total. The number of aliphatic hydroxyl groups excluding tert-OH is 1. The van der Waals surface area contributed by atoms with Crippen LogP contribution in [0.5, 0.6) is 5.75 Å². The Morgan fingerprint density at radius 2 is 1.90 bits per heavy atom. The van der Waals surface area contributed by atoms with Gasteiger partial charge in [-0.1, -0.05) is 49.2 Å². The smallest absolute Gasteiger partial charge is 0.319 e. The number of carbonyl (C=O) groups excluding carboxylic acids is 1. The maximum atomic E-state index is 12.9. The Morgan fingerprint density at radius 3 is 2.53 bits per heavy atom. The molecule has 2 aromatic carbocycles. The molecule has 2 N–H and O–H groups in total. The maximum absolute atomic E-state index is 12.9. The molecule has 3 atom stereocenters. The van der Waals surface area contributed by atoms with Crippen LogP contribution < -0.4 is 10.1 Å². The number of urea groups is 1. The topological polar surface area (TPSA) is 85.6 Å². The summed E-state index contributed by atoms with van der Waals surface area (Å²) in [6.45, 7) is -0.183. The fraction of sp³-hybridized carbons (Fsp3) is 0.417. The van der Waals surface area contributed by atoms with Crippen molar-refractivity contribution in [3.05, 3.63) is 54.1 Å². The second-order valence-corrected chi connectivity index (χ2v) is 8.00. The number of nitrogens with one attached hydrogen (secondary N) is 1. The number of nitriles is 1. The highest BCUT2D eigenvalue weighted by atomic mass is 16.5. The molecule has 0 radical (unpaired) electrons. The number of benzene rings is 2. The molecule has 1 saturated heterocycles. The van der Waals surface area contributed by atoms with Crippen molar-refractivity contribution in [3.8, 4) is 22.9 Å². The Balaban J connectivity index is 1.62. The van der Waals surface area contributed by atoms with Gasteiger partial charge >= 0.3 is 6.03 Å². The molecule has 2 amide bonds. The van der Waals surface area contributed by atoms with Crippen LogP contribution in [0.4, 0.5) is 4.79 Å². The molecule has 1 heterocycles. The molecule has 6 heteroatoms. The maximum Gasteiger partial charge on any atom is 0.319 e. The van der Waals surface area contributed by atoms with Gasteiger partial charge in [0, 0.05) is 12.0 Å². The summed E-state index contributed by atoms with van der Waals surface area (Å²) in [5.74, 6) is 0.533. The second kappa shape index (κ2) is 8.76. The lowest BCUT2D eigenvalue weighted by molar-refractivity contribution is 0.0160. The number of likely N-dealkylation sites (tertiary alicyclic amines) is 1. The monoisotopic (exact) mass is 405 g/mol. The van der Waals surface area contributed by atoms with E-state index in [2.05, 4.69) is 11.4 Å². The van der Waals surface area contributed by atoms with Crippen LogP contribution >= 0.6 is 0 Å². The van der Waals surface area contributed by atoms with Crippen molar-refractivity contribution in [1.29, 1.82) is 5.26 Å². The highest BCUT2D eigenvalue weighted by Crippen LogP contribution is 2.44. The Morgan fingerprint density at radius 1 is 1.20 bits per heavy atom. The fourth-order valence-electron chi connectivity index (χ4n) is 4.80. The molecular formula is C24H27N3O3. The lowest BCUT2D eigenvalue weighted by Crippen LogP contribution is -2.67. The number of amides is 2. The Labute approximate surface area is 177 Å². The molecule has 4 rings (SSSR count). The Kier molecular flexibility index (Phi) is 5.91. The third-order valence-corrected chi connectivity index (χ3v) is 6.37. The van der Waals surface area contributed by atoms with Crippen LogP contribution in [-0.4, -0.2) is 47.9 Å². The fourth-order valence-corrected chi connectivity index (χ4v) is 4.80. The van der Waals surface area contributed by atoms with Crippen molar-refractivity contribution >= 4 is 6.03 Å². The van der Waals surface area contributed by atoms with E-state index in [9.17, 15) is 15.2 Å². The highest BCUT2D eigenvalue weighted by molar-refractivity contribution is 5.79. The number of methoxy groups -OCH3 is 1. The summed E-state index contributed by atoms with van der Waals surface area (Å²) >= 11 is 0. The SMILES string of the molecule is COc1ccc(-c2ccccc2[C@@H]2[C@@H](C#N)N(C(=O)NC3CCCC3)[C@H]2CO)cc1. The van der Waals surface area contributed by atoms with Crippen molar-refractivity contribution in [3.63, 3.8) is 0 Å². The van der Waals surface area contributed by atoms with E-state index in [0.717, 1.165) is 48.1 Å². The molecule has 30 heavy (non-hydrogen) atoms. The predicted octanol–water partition coefficient (Wildman–Crippen LogP) is 3.67. The van der Waals surface area contributed by atoms with Crippen molar-refractivity contribution in [2.75, 3.05) is 13.7 Å². The molecule has 156 valence electrons. The molecule has 0 bridgehead atoms. The minimum absolute atomic E-state index is 0.168. The zero-order chi connectivity index (χ0) is 21.1. The minimum Gasteiger partial charge on any atom is -0.497 e. The van der Waals surface area contributed by atoms with E-state index in [1.807, 2.05) is 48.5 Å². The average Bonchev–Trinajstić information content (AvgIpc) is 3.27.